The molecule has 27 heteroatoms. The van der Waals surface area contributed by atoms with Crippen LogP contribution >= 0.6 is 0 Å². The number of rotatable bonds is 69. The monoisotopic (exact) mass is 1680 g/mol. The lowest BCUT2D eigenvalue weighted by atomic mass is 9.91. The third kappa shape index (κ3) is 79.0. The van der Waals surface area contributed by atoms with Gasteiger partial charge in [0.25, 0.3) is 0 Å². The van der Waals surface area contributed by atoms with Gasteiger partial charge in [0.2, 0.25) is 0 Å². The van der Waals surface area contributed by atoms with Crippen molar-refractivity contribution in [1.29, 1.82) is 0 Å². The Bertz CT molecular complexity index is 2550. The number of carboxylic acids is 2. The Hall–Kier alpha value is -6.55. The van der Waals surface area contributed by atoms with E-state index in [4.69, 9.17) is 57.2 Å². The second-order valence-electron chi connectivity index (χ2n) is 32.9. The second kappa shape index (κ2) is 76.8. The van der Waals surface area contributed by atoms with E-state index in [0.29, 0.717) is 130 Å². The lowest BCUT2D eigenvalue weighted by Crippen LogP contribution is -2.47. The van der Waals surface area contributed by atoms with E-state index in [0.717, 1.165) is 101 Å². The highest BCUT2D eigenvalue weighted by Gasteiger charge is 2.30. The molecule has 0 rings (SSSR count). The number of ether oxygens (including phenoxy) is 11. The molecule has 686 valence electrons. The van der Waals surface area contributed by atoms with Gasteiger partial charge in [-0.05, 0) is 203 Å². The van der Waals surface area contributed by atoms with Crippen LogP contribution in [-0.2, 0) is 105 Å². The van der Waals surface area contributed by atoms with Crippen LogP contribution in [0.2, 0.25) is 0 Å². The van der Waals surface area contributed by atoms with E-state index in [1.807, 2.05) is 83.1 Å². The first-order valence-electron chi connectivity index (χ1n) is 43.7. The maximum atomic E-state index is 11.8. The molecule has 0 fully saturated rings. The van der Waals surface area contributed by atoms with Gasteiger partial charge < -0.3 is 81.8 Å². The average molecular weight is 1680 g/mol. The predicted octanol–water partition coefficient (Wildman–Crippen LogP) is 15.8. The van der Waals surface area contributed by atoms with Gasteiger partial charge in [0.1, 0.15) is 25.4 Å². The molecule has 117 heavy (non-hydrogen) atoms. The molecule has 0 aliphatic heterocycles. The fraction of sp³-hybridized carbons (Fsp3) is 0.833. The van der Waals surface area contributed by atoms with Gasteiger partial charge in [0, 0.05) is 50.6 Å². The number of hydrogen-bond donors (Lipinski definition) is 3. The average Bonchev–Trinajstić information content (AvgIpc) is 0.914. The van der Waals surface area contributed by atoms with Crippen molar-refractivity contribution in [3.8, 4) is 0 Å². The molecule has 0 saturated carbocycles. The number of quaternary nitrogens is 1. The number of aliphatic hydroxyl groups excluding tert-OH is 2. The maximum absolute atomic E-state index is 11.8. The van der Waals surface area contributed by atoms with Crippen LogP contribution in [0.5, 0.6) is 0 Å². The summed E-state index contributed by atoms with van der Waals surface area (Å²) in [5, 5.41) is 38.5. The molecule has 0 aliphatic rings. The lowest BCUT2D eigenvalue weighted by Gasteiger charge is -2.32. The van der Waals surface area contributed by atoms with E-state index >= 15 is 0 Å². The number of likely N-dealkylation sites (N-methyl/N-ethyl adjacent to an activating group) is 1. The van der Waals surface area contributed by atoms with E-state index < -0.39 is 63.7 Å². The quantitative estimate of drug-likeness (QED) is 0.0167. The van der Waals surface area contributed by atoms with Crippen LogP contribution in [0.4, 0.5) is 0 Å². The van der Waals surface area contributed by atoms with E-state index in [-0.39, 0.29) is 87.9 Å². The van der Waals surface area contributed by atoms with Crippen molar-refractivity contribution in [2.24, 2.45) is 27.6 Å². The standard InChI is InChI=1S/C24H48NO4.C22H38O8.C20H36O6.2C12H22O4/c1-5-7-8-9-10-11-12-13-14-15-18-25(3,4)21-23(26)22-28-19-16-17-20-29-24(27)6-2;1-5-19(24)28-14-11-10-13-27-16-18(23)17-30-20(25)12-8-7-9-15-29-21(26)22(3,4)6-2;1-6-9-11-16(7-2)14-25-18(22)15-26-17(21)12-10-13-24-19(23)20(4,5)8-3;2*1-4-12(2,3)11(15)16-9-7-5-6-8-10(13)14/h6,23,26H,2,5,7-22H2,1,3-4H3;5,18,23H,1,6-17H2,2-4H3;16H,6-15H2,1-5H3;2*4-9H2,1-3H3,(H,13,14)/q+1;;;;/p-1. The van der Waals surface area contributed by atoms with Crippen LogP contribution in [0.25, 0.3) is 0 Å². The smallest absolute Gasteiger partial charge is 0.344 e. The van der Waals surface area contributed by atoms with Gasteiger partial charge in [-0.25, -0.2) is 14.4 Å². The molecule has 0 aliphatic carbocycles. The summed E-state index contributed by atoms with van der Waals surface area (Å²) in [5.41, 5.74) is -1.82. The summed E-state index contributed by atoms with van der Waals surface area (Å²) in [7, 11) is 4.37. The number of aliphatic carboxylic acids is 2. The van der Waals surface area contributed by atoms with Crippen molar-refractivity contribution in [3.05, 3.63) is 25.3 Å². The number of carbonyl (C=O) groups is 11. The zero-order chi connectivity index (χ0) is 89.8. The molecule has 0 aromatic carbocycles. The van der Waals surface area contributed by atoms with Crippen LogP contribution in [0, 0.1) is 27.6 Å². The van der Waals surface area contributed by atoms with Crippen molar-refractivity contribution in [2.45, 2.75) is 347 Å². The largest absolute Gasteiger partial charge is 0.550 e. The fourth-order valence-electron chi connectivity index (χ4n) is 9.81. The summed E-state index contributed by atoms with van der Waals surface area (Å²) in [5.74, 6) is -4.50. The molecule has 0 aromatic heterocycles. The summed E-state index contributed by atoms with van der Waals surface area (Å²) >= 11 is 0. The number of unbranched alkanes of at least 4 members (excludes halogenated alkanes) is 18. The minimum absolute atomic E-state index is 0.0687. The normalized spacial score (nSPS) is 12.1. The van der Waals surface area contributed by atoms with Crippen LogP contribution in [0.3, 0.4) is 0 Å². The molecular formula is C90H165NO26. The third-order valence-electron chi connectivity index (χ3n) is 19.7. The Labute approximate surface area is 705 Å². The summed E-state index contributed by atoms with van der Waals surface area (Å²) in [6.45, 7) is 40.8. The van der Waals surface area contributed by atoms with Gasteiger partial charge in [0.15, 0.2) is 6.61 Å². The van der Waals surface area contributed by atoms with Gasteiger partial charge in [0.05, 0.1) is 102 Å². The minimum atomic E-state index is -1.02. The highest BCUT2D eigenvalue weighted by atomic mass is 16.6. The maximum Gasteiger partial charge on any atom is 0.344 e. The van der Waals surface area contributed by atoms with Gasteiger partial charge in [-0.3, -0.25) is 33.6 Å². The van der Waals surface area contributed by atoms with Crippen molar-refractivity contribution in [1.82, 2.24) is 0 Å². The van der Waals surface area contributed by atoms with Gasteiger partial charge in [-0.1, -0.05) is 132 Å². The fourth-order valence-corrected chi connectivity index (χ4v) is 9.81. The van der Waals surface area contributed by atoms with Crippen molar-refractivity contribution in [3.63, 3.8) is 0 Å². The zero-order valence-electron chi connectivity index (χ0n) is 76.0. The highest BCUT2D eigenvalue weighted by Crippen LogP contribution is 2.25. The minimum Gasteiger partial charge on any atom is -0.550 e. The highest BCUT2D eigenvalue weighted by molar-refractivity contribution is 5.82. The predicted molar refractivity (Wildman–Crippen MR) is 452 cm³/mol. The SMILES string of the molecule is C=CC(=O)OCCCCOCC(O)COC(=O)CCCCCOC(=O)C(C)(C)CC.C=CC(=O)OCCCCOCC(O)C[N+](C)(C)CCCCCCCCCCCC.CCC(C)(C)C(=O)OCCCCCC(=O)O.CCC(C)(C)C(=O)OCCCCCC(=O)[O-].CCCCC(CC)COC(=O)COC(=O)CCCOC(=O)C(C)(C)CC. The molecule has 3 unspecified atom stereocenters. The van der Waals surface area contributed by atoms with Crippen molar-refractivity contribution >= 4 is 65.7 Å². The van der Waals surface area contributed by atoms with Crippen molar-refractivity contribution in [2.75, 3.05) is 113 Å². The second-order valence-corrected chi connectivity index (χ2v) is 32.9. The molecule has 0 spiro atoms. The molecule has 3 atom stereocenters. The first kappa shape index (κ1) is 119. The number of nitrogens with zero attached hydrogens (tertiary/aromatic N) is 1. The van der Waals surface area contributed by atoms with Crippen LogP contribution < -0.4 is 5.11 Å². The molecule has 0 heterocycles. The molecule has 0 radical (unpaired) electrons. The van der Waals surface area contributed by atoms with E-state index in [1.165, 1.54) is 70.3 Å². The molecule has 0 bridgehead atoms. The van der Waals surface area contributed by atoms with Gasteiger partial charge >= 0.3 is 59.7 Å². The summed E-state index contributed by atoms with van der Waals surface area (Å²) in [6, 6.07) is 0. The Morgan fingerprint density at radius 2 is 0.701 bits per heavy atom. The van der Waals surface area contributed by atoms with E-state index in [9.17, 15) is 68.1 Å². The Balaban J connectivity index is -0.000000457. The molecule has 27 nitrogen and oxygen atoms in total. The van der Waals surface area contributed by atoms with Crippen LogP contribution in [0.15, 0.2) is 25.3 Å². The Morgan fingerprint density at radius 1 is 0.368 bits per heavy atom. The lowest BCUT2D eigenvalue weighted by molar-refractivity contribution is -0.893. The number of carbonyl (C=O) groups excluding carboxylic acids is 10. The van der Waals surface area contributed by atoms with E-state index in [1.54, 1.807) is 0 Å². The number of aliphatic hydroxyl groups is 2. The Morgan fingerprint density at radius 3 is 1.09 bits per heavy atom. The first-order valence-corrected chi connectivity index (χ1v) is 43.7. The molecule has 0 aromatic rings. The number of carboxylic acid groups (broad SMARTS) is 2. The molecule has 0 saturated heterocycles. The first-order chi connectivity index (χ1) is 55.2. The van der Waals surface area contributed by atoms with Crippen LogP contribution in [0.1, 0.15) is 335 Å². The van der Waals surface area contributed by atoms with Gasteiger partial charge in [-0.15, -0.1) is 0 Å². The van der Waals surface area contributed by atoms with Crippen LogP contribution in [-0.4, -0.2) is 211 Å². The zero-order valence-corrected chi connectivity index (χ0v) is 76.0. The van der Waals surface area contributed by atoms with E-state index in [2.05, 4.69) is 48.0 Å². The molecule has 3 N–H and O–H groups in total. The Kier molecular flexibility index (Phi) is 78.1. The van der Waals surface area contributed by atoms with Gasteiger partial charge in [-0.2, -0.15) is 0 Å². The molecular weight excluding hydrogens is 1510 g/mol. The number of esters is 9. The summed E-state index contributed by atoms with van der Waals surface area (Å²) in [6.07, 6.45) is 31.8. The molecule has 0 amide bonds. The number of hydrogen-bond acceptors (Lipinski definition) is 25. The summed E-state index contributed by atoms with van der Waals surface area (Å²) in [4.78, 5) is 124. The third-order valence-corrected chi connectivity index (χ3v) is 19.7. The van der Waals surface area contributed by atoms with Crippen molar-refractivity contribution < 1.29 is 130 Å². The summed E-state index contributed by atoms with van der Waals surface area (Å²) < 4.78 is 57.1. The topological polar surface area (TPSA) is 373 Å².